The summed E-state index contributed by atoms with van der Waals surface area (Å²) >= 11 is 0. The highest BCUT2D eigenvalue weighted by molar-refractivity contribution is 5.79. The summed E-state index contributed by atoms with van der Waals surface area (Å²) < 4.78 is 15.2. The maximum Gasteiger partial charge on any atom is 0.227 e. The standard InChI is InChI=1S/C22H28FN3O/c1-14(13-25-16(3)10-15(2)24-25)22(27)26-20-8-9-21(26)12-18(11-20)17-4-6-19(23)7-5-17/h4-7,10,14,18,20-21H,8-9,11-13H2,1-3H3/t14-,20-,21-/m0/s1. The van der Waals surface area contributed by atoms with Gasteiger partial charge in [0.05, 0.1) is 18.2 Å². The Kier molecular flexibility index (Phi) is 4.79. The molecule has 144 valence electrons. The molecule has 1 aromatic carbocycles. The first-order valence-electron chi connectivity index (χ1n) is 10.0. The third kappa shape index (κ3) is 3.52. The summed E-state index contributed by atoms with van der Waals surface area (Å²) in [6.45, 7) is 6.67. The van der Waals surface area contributed by atoms with Crippen molar-refractivity contribution in [3.05, 3.63) is 53.1 Å². The fraction of sp³-hybridized carbons (Fsp3) is 0.545. The molecule has 4 nitrogen and oxygen atoms in total. The van der Waals surface area contributed by atoms with Gasteiger partial charge in [-0.15, -0.1) is 0 Å². The second-order valence-electron chi connectivity index (χ2n) is 8.36. The van der Waals surface area contributed by atoms with E-state index in [1.807, 2.05) is 37.6 Å². The van der Waals surface area contributed by atoms with Crippen LogP contribution in [0.3, 0.4) is 0 Å². The monoisotopic (exact) mass is 369 g/mol. The number of rotatable bonds is 4. The van der Waals surface area contributed by atoms with E-state index in [1.165, 1.54) is 5.56 Å². The van der Waals surface area contributed by atoms with Gasteiger partial charge >= 0.3 is 0 Å². The number of benzene rings is 1. The molecule has 3 heterocycles. The van der Waals surface area contributed by atoms with Crippen LogP contribution in [0.15, 0.2) is 30.3 Å². The molecule has 0 spiro atoms. The molecule has 3 atom stereocenters. The number of halogens is 1. The van der Waals surface area contributed by atoms with Crippen LogP contribution in [-0.2, 0) is 11.3 Å². The van der Waals surface area contributed by atoms with Crippen molar-refractivity contribution < 1.29 is 9.18 Å². The lowest BCUT2D eigenvalue weighted by Crippen LogP contribution is -2.48. The predicted octanol–water partition coefficient (Wildman–Crippen LogP) is 4.21. The SMILES string of the molecule is Cc1cc(C)n(C[C@H](C)C(=O)N2[C@H]3CC[C@H]2CC(c2ccc(F)cc2)C3)n1. The summed E-state index contributed by atoms with van der Waals surface area (Å²) in [5, 5.41) is 4.51. The average molecular weight is 369 g/mol. The molecule has 0 radical (unpaired) electrons. The van der Waals surface area contributed by atoms with E-state index in [0.29, 0.717) is 24.5 Å². The fourth-order valence-electron chi connectivity index (χ4n) is 5.00. The van der Waals surface area contributed by atoms with Gasteiger partial charge in [-0.1, -0.05) is 19.1 Å². The van der Waals surface area contributed by atoms with E-state index < -0.39 is 0 Å². The van der Waals surface area contributed by atoms with Crippen LogP contribution in [0.1, 0.15) is 55.5 Å². The average Bonchev–Trinajstić information content (AvgIpc) is 3.09. The van der Waals surface area contributed by atoms with Gasteiger partial charge < -0.3 is 4.90 Å². The van der Waals surface area contributed by atoms with Crippen LogP contribution in [0.4, 0.5) is 4.39 Å². The van der Waals surface area contributed by atoms with Crippen molar-refractivity contribution >= 4 is 5.91 Å². The molecule has 2 saturated heterocycles. The zero-order valence-corrected chi connectivity index (χ0v) is 16.4. The van der Waals surface area contributed by atoms with E-state index in [2.05, 4.69) is 16.1 Å². The van der Waals surface area contributed by atoms with Crippen LogP contribution in [0.25, 0.3) is 0 Å². The molecule has 2 aromatic rings. The minimum atomic E-state index is -0.188. The first kappa shape index (κ1) is 18.2. The molecule has 4 rings (SSSR count). The number of aromatic nitrogens is 2. The van der Waals surface area contributed by atoms with Crippen molar-refractivity contribution in [1.82, 2.24) is 14.7 Å². The van der Waals surface area contributed by atoms with E-state index in [0.717, 1.165) is 37.1 Å². The number of hydrogen-bond acceptors (Lipinski definition) is 2. The van der Waals surface area contributed by atoms with Crippen molar-refractivity contribution in [2.75, 3.05) is 0 Å². The summed E-state index contributed by atoms with van der Waals surface area (Å²) in [4.78, 5) is 15.4. The number of amides is 1. The van der Waals surface area contributed by atoms with Gasteiger partial charge in [0.2, 0.25) is 5.91 Å². The van der Waals surface area contributed by atoms with Crippen LogP contribution < -0.4 is 0 Å². The third-order valence-electron chi connectivity index (χ3n) is 6.30. The van der Waals surface area contributed by atoms with Crippen LogP contribution in [0.2, 0.25) is 0 Å². The first-order chi connectivity index (χ1) is 12.9. The molecular formula is C22H28FN3O. The molecule has 27 heavy (non-hydrogen) atoms. The van der Waals surface area contributed by atoms with E-state index in [4.69, 9.17) is 0 Å². The molecule has 2 fully saturated rings. The van der Waals surface area contributed by atoms with Gasteiger partial charge in [-0.2, -0.15) is 5.10 Å². The van der Waals surface area contributed by atoms with Gasteiger partial charge in [0.1, 0.15) is 5.82 Å². The maximum atomic E-state index is 13.2. The molecule has 2 aliphatic rings. The lowest BCUT2D eigenvalue weighted by Gasteiger charge is -2.40. The Morgan fingerprint density at radius 3 is 2.37 bits per heavy atom. The van der Waals surface area contributed by atoms with Crippen molar-refractivity contribution in [2.45, 2.75) is 71.0 Å². The van der Waals surface area contributed by atoms with Crippen LogP contribution in [-0.4, -0.2) is 32.7 Å². The van der Waals surface area contributed by atoms with E-state index >= 15 is 0 Å². The zero-order chi connectivity index (χ0) is 19.1. The number of nitrogens with zero attached hydrogens (tertiary/aromatic N) is 3. The normalized spacial score (nSPS) is 25.6. The Hall–Kier alpha value is -2.17. The highest BCUT2D eigenvalue weighted by Crippen LogP contribution is 2.43. The minimum Gasteiger partial charge on any atom is -0.336 e. The summed E-state index contributed by atoms with van der Waals surface area (Å²) in [5.41, 5.74) is 3.30. The molecule has 5 heteroatoms. The predicted molar refractivity (Wildman–Crippen MR) is 103 cm³/mol. The van der Waals surface area contributed by atoms with Gasteiger partial charge in [-0.25, -0.2) is 4.39 Å². The number of hydrogen-bond donors (Lipinski definition) is 0. The Morgan fingerprint density at radius 2 is 1.81 bits per heavy atom. The molecular weight excluding hydrogens is 341 g/mol. The second-order valence-corrected chi connectivity index (χ2v) is 8.36. The van der Waals surface area contributed by atoms with Gasteiger partial charge in [0.15, 0.2) is 0 Å². The van der Waals surface area contributed by atoms with E-state index in [9.17, 15) is 9.18 Å². The highest BCUT2D eigenvalue weighted by Gasteiger charge is 2.44. The van der Waals surface area contributed by atoms with Crippen LogP contribution in [0.5, 0.6) is 0 Å². The first-order valence-corrected chi connectivity index (χ1v) is 10.0. The van der Waals surface area contributed by atoms with Gasteiger partial charge in [0.25, 0.3) is 0 Å². The zero-order valence-electron chi connectivity index (χ0n) is 16.4. The Morgan fingerprint density at radius 1 is 1.19 bits per heavy atom. The Balaban J connectivity index is 1.45. The quantitative estimate of drug-likeness (QED) is 0.810. The molecule has 1 aromatic heterocycles. The Labute approximate surface area is 160 Å². The molecule has 2 aliphatic heterocycles. The van der Waals surface area contributed by atoms with E-state index in [-0.39, 0.29) is 17.6 Å². The summed E-state index contributed by atoms with van der Waals surface area (Å²) in [7, 11) is 0. The van der Waals surface area contributed by atoms with Crippen molar-refractivity contribution in [3.63, 3.8) is 0 Å². The third-order valence-corrected chi connectivity index (χ3v) is 6.30. The lowest BCUT2D eigenvalue weighted by atomic mass is 9.84. The molecule has 1 amide bonds. The minimum absolute atomic E-state index is 0.0755. The topological polar surface area (TPSA) is 38.1 Å². The van der Waals surface area contributed by atoms with Gasteiger partial charge in [-0.3, -0.25) is 9.48 Å². The van der Waals surface area contributed by atoms with Crippen molar-refractivity contribution in [2.24, 2.45) is 5.92 Å². The summed E-state index contributed by atoms with van der Waals surface area (Å²) in [6, 6.07) is 9.58. The number of piperidine rings is 1. The Bertz CT molecular complexity index is 815. The molecule has 0 N–H and O–H groups in total. The second kappa shape index (κ2) is 7.10. The van der Waals surface area contributed by atoms with Crippen LogP contribution >= 0.6 is 0 Å². The smallest absolute Gasteiger partial charge is 0.227 e. The highest BCUT2D eigenvalue weighted by atomic mass is 19.1. The van der Waals surface area contributed by atoms with Gasteiger partial charge in [-0.05, 0) is 69.2 Å². The molecule has 0 saturated carbocycles. The van der Waals surface area contributed by atoms with Crippen LogP contribution in [0, 0.1) is 25.6 Å². The maximum absolute atomic E-state index is 13.2. The largest absolute Gasteiger partial charge is 0.336 e. The molecule has 0 aliphatic carbocycles. The number of aryl methyl sites for hydroxylation is 2. The molecule has 2 bridgehead atoms. The fourth-order valence-corrected chi connectivity index (χ4v) is 5.00. The van der Waals surface area contributed by atoms with Gasteiger partial charge in [0, 0.05) is 17.8 Å². The number of carbonyl (C=O) groups excluding carboxylic acids is 1. The number of fused-ring (bicyclic) bond motifs is 2. The molecule has 0 unspecified atom stereocenters. The lowest BCUT2D eigenvalue weighted by molar-refractivity contribution is -0.140. The summed E-state index contributed by atoms with van der Waals surface area (Å²) in [5.74, 6) is 0.423. The van der Waals surface area contributed by atoms with E-state index in [1.54, 1.807) is 12.1 Å². The number of carbonyl (C=O) groups is 1. The van der Waals surface area contributed by atoms with Crippen molar-refractivity contribution in [1.29, 1.82) is 0 Å². The van der Waals surface area contributed by atoms with Crippen molar-refractivity contribution in [3.8, 4) is 0 Å². The summed E-state index contributed by atoms with van der Waals surface area (Å²) in [6.07, 6.45) is 4.14.